The minimum Gasteiger partial charge on any atom is -0.472 e. The van der Waals surface area contributed by atoms with E-state index in [9.17, 15) is 0 Å². The quantitative estimate of drug-likeness (QED) is 0.789. The molecule has 2 heterocycles. The van der Waals surface area contributed by atoms with Crippen molar-refractivity contribution in [2.24, 2.45) is 0 Å². The summed E-state index contributed by atoms with van der Waals surface area (Å²) >= 11 is 0. The van der Waals surface area contributed by atoms with Gasteiger partial charge in [0.2, 0.25) is 0 Å². The molecule has 0 aliphatic rings. The van der Waals surface area contributed by atoms with E-state index in [2.05, 4.69) is 15.3 Å². The fourth-order valence-electron chi connectivity index (χ4n) is 1.17. The topological polar surface area (TPSA) is 51.0 Å². The van der Waals surface area contributed by atoms with Crippen LogP contribution in [-0.4, -0.2) is 9.97 Å². The summed E-state index contributed by atoms with van der Waals surface area (Å²) in [5.41, 5.74) is 2.22. The van der Waals surface area contributed by atoms with Crippen LogP contribution < -0.4 is 5.32 Å². The molecule has 4 heteroatoms. The summed E-state index contributed by atoms with van der Waals surface area (Å²) in [5.74, 6) is 0. The van der Waals surface area contributed by atoms with Crippen LogP contribution >= 0.6 is 0 Å². The van der Waals surface area contributed by atoms with E-state index < -0.39 is 0 Å². The van der Waals surface area contributed by atoms with Gasteiger partial charge in [0.25, 0.3) is 0 Å². The van der Waals surface area contributed by atoms with Gasteiger partial charge in [-0.2, -0.15) is 0 Å². The maximum absolute atomic E-state index is 4.95. The van der Waals surface area contributed by atoms with Crippen molar-refractivity contribution in [3.8, 4) is 0 Å². The molecule has 1 N–H and O–H groups in total. The number of nitrogens with zero attached hydrogens (tertiary/aromatic N) is 2. The van der Waals surface area contributed by atoms with Gasteiger partial charge >= 0.3 is 0 Å². The molecule has 0 aliphatic heterocycles. The molecule has 0 amide bonds. The predicted octanol–water partition coefficient (Wildman–Crippen LogP) is 1.36. The van der Waals surface area contributed by atoms with Crippen molar-refractivity contribution in [2.75, 3.05) is 0 Å². The highest BCUT2D eigenvalue weighted by Gasteiger charge is 1.94. The van der Waals surface area contributed by atoms with Gasteiger partial charge in [-0.25, -0.2) is 9.97 Å². The highest BCUT2D eigenvalue weighted by atomic mass is 16.3. The second kappa shape index (κ2) is 4.53. The standard InChI is InChI=1S/C10H11N3O/c1-2-14-7-9(1)3-11-4-10-5-12-8-13-6-10/h1-2,5-8,11H,3-4H2. The molecule has 14 heavy (non-hydrogen) atoms. The smallest absolute Gasteiger partial charge is 0.115 e. The van der Waals surface area contributed by atoms with Crippen LogP contribution in [0.4, 0.5) is 0 Å². The van der Waals surface area contributed by atoms with Crippen LogP contribution in [0.25, 0.3) is 0 Å². The first kappa shape index (κ1) is 8.90. The molecule has 2 rings (SSSR count). The Balaban J connectivity index is 1.79. The molecule has 0 bridgehead atoms. The Kier molecular flexibility index (Phi) is 2.88. The van der Waals surface area contributed by atoms with E-state index in [1.807, 2.05) is 6.07 Å². The summed E-state index contributed by atoms with van der Waals surface area (Å²) < 4.78 is 4.95. The maximum atomic E-state index is 4.95. The van der Waals surface area contributed by atoms with Crippen molar-refractivity contribution in [1.82, 2.24) is 15.3 Å². The fraction of sp³-hybridized carbons (Fsp3) is 0.200. The molecular formula is C10H11N3O. The van der Waals surface area contributed by atoms with E-state index in [0.29, 0.717) is 0 Å². The van der Waals surface area contributed by atoms with Crippen LogP contribution in [0.3, 0.4) is 0 Å². The lowest BCUT2D eigenvalue weighted by molar-refractivity contribution is 0.560. The first-order valence-electron chi connectivity index (χ1n) is 4.41. The van der Waals surface area contributed by atoms with Gasteiger partial charge in [-0.05, 0) is 6.07 Å². The number of nitrogens with one attached hydrogen (secondary N) is 1. The Labute approximate surface area is 82.0 Å². The SMILES string of the molecule is c1ncc(CNCc2ccoc2)cn1. The first-order valence-corrected chi connectivity index (χ1v) is 4.41. The number of furan rings is 1. The van der Waals surface area contributed by atoms with Gasteiger partial charge in [-0.15, -0.1) is 0 Å². The van der Waals surface area contributed by atoms with Crippen molar-refractivity contribution in [3.63, 3.8) is 0 Å². The molecule has 0 aliphatic carbocycles. The van der Waals surface area contributed by atoms with E-state index in [-0.39, 0.29) is 0 Å². The van der Waals surface area contributed by atoms with Crippen LogP contribution in [0.1, 0.15) is 11.1 Å². The third-order valence-corrected chi connectivity index (χ3v) is 1.85. The molecule has 72 valence electrons. The summed E-state index contributed by atoms with van der Waals surface area (Å²) in [4.78, 5) is 7.86. The zero-order valence-electron chi connectivity index (χ0n) is 7.68. The van der Waals surface area contributed by atoms with E-state index in [1.54, 1.807) is 24.9 Å². The van der Waals surface area contributed by atoms with Crippen molar-refractivity contribution in [2.45, 2.75) is 13.1 Å². The van der Waals surface area contributed by atoms with Crippen LogP contribution in [0.5, 0.6) is 0 Å². The lowest BCUT2D eigenvalue weighted by Crippen LogP contribution is -2.12. The van der Waals surface area contributed by atoms with Crippen molar-refractivity contribution < 1.29 is 4.42 Å². The summed E-state index contributed by atoms with van der Waals surface area (Å²) in [6.45, 7) is 1.57. The Morgan fingerprint density at radius 2 is 1.93 bits per heavy atom. The van der Waals surface area contributed by atoms with E-state index >= 15 is 0 Å². The minimum absolute atomic E-state index is 0.770. The number of aromatic nitrogens is 2. The molecule has 2 aromatic rings. The zero-order valence-corrected chi connectivity index (χ0v) is 7.68. The molecule has 0 unspecified atom stereocenters. The van der Waals surface area contributed by atoms with Crippen molar-refractivity contribution >= 4 is 0 Å². The Morgan fingerprint density at radius 1 is 1.14 bits per heavy atom. The predicted molar refractivity (Wildman–Crippen MR) is 51.3 cm³/mol. The summed E-state index contributed by atoms with van der Waals surface area (Å²) in [6.07, 6.45) is 8.53. The molecular weight excluding hydrogens is 178 g/mol. The third-order valence-electron chi connectivity index (χ3n) is 1.85. The Morgan fingerprint density at radius 3 is 2.64 bits per heavy atom. The Bertz CT molecular complexity index is 358. The van der Waals surface area contributed by atoms with Gasteiger partial charge in [-0.1, -0.05) is 0 Å². The first-order chi connectivity index (χ1) is 6.95. The Hall–Kier alpha value is -1.68. The number of rotatable bonds is 4. The van der Waals surface area contributed by atoms with Gasteiger partial charge in [0.15, 0.2) is 0 Å². The summed E-state index contributed by atoms with van der Waals surface area (Å²) in [6, 6.07) is 1.94. The molecule has 0 atom stereocenters. The van der Waals surface area contributed by atoms with E-state index in [1.165, 1.54) is 6.33 Å². The largest absolute Gasteiger partial charge is 0.472 e. The highest BCUT2D eigenvalue weighted by molar-refractivity contribution is 5.06. The number of hydrogen-bond donors (Lipinski definition) is 1. The second-order valence-corrected chi connectivity index (χ2v) is 2.98. The van der Waals surface area contributed by atoms with Gasteiger partial charge in [0.05, 0.1) is 12.5 Å². The lowest BCUT2D eigenvalue weighted by Gasteiger charge is -2.01. The van der Waals surface area contributed by atoms with E-state index in [0.717, 1.165) is 24.2 Å². The van der Waals surface area contributed by atoms with Gasteiger partial charge in [0, 0.05) is 36.6 Å². The molecule has 0 saturated carbocycles. The normalized spacial score (nSPS) is 10.3. The van der Waals surface area contributed by atoms with Crippen molar-refractivity contribution in [1.29, 1.82) is 0 Å². The van der Waals surface area contributed by atoms with Crippen LogP contribution in [0.15, 0.2) is 41.7 Å². The van der Waals surface area contributed by atoms with Crippen molar-refractivity contribution in [3.05, 3.63) is 48.4 Å². The molecule has 0 saturated heterocycles. The monoisotopic (exact) mass is 189 g/mol. The van der Waals surface area contributed by atoms with Gasteiger partial charge in [-0.3, -0.25) is 0 Å². The average molecular weight is 189 g/mol. The van der Waals surface area contributed by atoms with Crippen LogP contribution in [0.2, 0.25) is 0 Å². The van der Waals surface area contributed by atoms with Crippen LogP contribution in [0, 0.1) is 0 Å². The molecule has 4 nitrogen and oxygen atoms in total. The van der Waals surface area contributed by atoms with Gasteiger partial charge in [0.1, 0.15) is 6.33 Å². The van der Waals surface area contributed by atoms with Gasteiger partial charge < -0.3 is 9.73 Å². The summed E-state index contributed by atoms with van der Waals surface area (Å²) in [7, 11) is 0. The molecule has 0 fully saturated rings. The van der Waals surface area contributed by atoms with Crippen LogP contribution in [-0.2, 0) is 13.1 Å². The lowest BCUT2D eigenvalue weighted by atomic mass is 10.3. The third kappa shape index (κ3) is 2.40. The molecule has 0 aromatic carbocycles. The molecule has 0 radical (unpaired) electrons. The van der Waals surface area contributed by atoms with E-state index in [4.69, 9.17) is 4.42 Å². The average Bonchev–Trinajstić information content (AvgIpc) is 2.72. The number of hydrogen-bond acceptors (Lipinski definition) is 4. The fourth-order valence-corrected chi connectivity index (χ4v) is 1.17. The second-order valence-electron chi connectivity index (χ2n) is 2.98. The minimum atomic E-state index is 0.770. The maximum Gasteiger partial charge on any atom is 0.115 e. The highest BCUT2D eigenvalue weighted by Crippen LogP contribution is 1.99. The zero-order chi connectivity index (χ0) is 9.64. The summed E-state index contributed by atoms with van der Waals surface area (Å²) in [5, 5.41) is 3.26. The molecule has 0 spiro atoms. The molecule has 2 aromatic heterocycles.